The van der Waals surface area contributed by atoms with Crippen LogP contribution < -0.4 is 10.6 Å². The minimum absolute atomic E-state index is 0. The van der Waals surface area contributed by atoms with E-state index in [1.54, 1.807) is 0 Å². The smallest absolute Gasteiger partial charge is 0.353 e. The zero-order valence-corrected chi connectivity index (χ0v) is 14.6. The Morgan fingerprint density at radius 3 is 2.46 bits per heavy atom. The second-order valence-corrected chi connectivity index (χ2v) is 6.30. The first-order chi connectivity index (χ1) is 11.0. The molecule has 136 valence electrons. The number of rotatable bonds is 6. The van der Waals surface area contributed by atoms with Crippen molar-refractivity contribution in [2.75, 3.05) is 38.5 Å². The topological polar surface area (TPSA) is 44.4 Å². The molecule has 4 nitrogen and oxygen atoms in total. The third-order valence-electron chi connectivity index (χ3n) is 3.58. The van der Waals surface area contributed by atoms with Gasteiger partial charge in [0.15, 0.2) is 0 Å². The highest BCUT2D eigenvalue weighted by atomic mass is 35.5. The molecule has 1 heterocycles. The van der Waals surface area contributed by atoms with Crippen LogP contribution in [0.25, 0.3) is 0 Å². The normalized spacial score (nSPS) is 17.0. The molecule has 1 aromatic carbocycles. The number of carbonyl (C=O) groups excluding carboxylic acids is 1. The molecule has 0 radical (unpaired) electrons. The summed E-state index contributed by atoms with van der Waals surface area (Å²) in [7, 11) is 0. The molecule has 2 rings (SSSR count). The van der Waals surface area contributed by atoms with Crippen molar-refractivity contribution in [3.63, 3.8) is 0 Å². The number of hydrogen-bond donors (Lipinski definition) is 2. The number of amides is 1. The number of halogens is 4. The van der Waals surface area contributed by atoms with Gasteiger partial charge in [0.2, 0.25) is 5.91 Å². The fourth-order valence-corrected chi connectivity index (χ4v) is 3.12. The van der Waals surface area contributed by atoms with E-state index in [4.69, 9.17) is 0 Å². The summed E-state index contributed by atoms with van der Waals surface area (Å²) in [5.74, 6) is -0.279. The maximum absolute atomic E-state index is 13.2. The van der Waals surface area contributed by atoms with Crippen molar-refractivity contribution in [3.8, 4) is 0 Å². The molecule has 24 heavy (non-hydrogen) atoms. The van der Waals surface area contributed by atoms with Crippen LogP contribution in [0.4, 0.5) is 13.2 Å². The fraction of sp³-hybridized carbons (Fsp3) is 0.533. The molecule has 1 saturated heterocycles. The molecule has 0 saturated carbocycles. The van der Waals surface area contributed by atoms with Gasteiger partial charge in [-0.2, -0.15) is 13.2 Å². The van der Waals surface area contributed by atoms with E-state index in [0.717, 1.165) is 4.90 Å². The standard InChI is InChI=1S/C15H20F3N3OS.ClH/c16-15(17,18)13(21-8-6-19-7-9-21)10-20-14(22)11-23-12-4-2-1-3-5-12;/h1-5,13,19H,6-11H2,(H,20,22);1H. The molecule has 1 aliphatic heterocycles. The Hall–Kier alpha value is -0.960. The Labute approximate surface area is 150 Å². The zero-order chi connectivity index (χ0) is 16.7. The van der Waals surface area contributed by atoms with Gasteiger partial charge >= 0.3 is 6.18 Å². The molecule has 1 fully saturated rings. The second-order valence-electron chi connectivity index (χ2n) is 5.25. The van der Waals surface area contributed by atoms with Crippen LogP contribution in [-0.2, 0) is 4.79 Å². The van der Waals surface area contributed by atoms with Gasteiger partial charge in [0.05, 0.1) is 5.75 Å². The number of nitrogens with zero attached hydrogens (tertiary/aromatic N) is 1. The van der Waals surface area contributed by atoms with E-state index in [1.165, 1.54) is 16.7 Å². The summed E-state index contributed by atoms with van der Waals surface area (Å²) in [6, 6.07) is 7.66. The molecule has 0 spiro atoms. The van der Waals surface area contributed by atoms with E-state index in [2.05, 4.69) is 10.6 Å². The number of piperazine rings is 1. The van der Waals surface area contributed by atoms with Crippen LogP contribution >= 0.6 is 24.2 Å². The molecule has 1 aromatic rings. The molecular formula is C15H21ClF3N3OS. The highest BCUT2D eigenvalue weighted by molar-refractivity contribution is 8.00. The minimum Gasteiger partial charge on any atom is -0.353 e. The first kappa shape index (κ1) is 21.1. The Morgan fingerprint density at radius 1 is 1.25 bits per heavy atom. The van der Waals surface area contributed by atoms with Gasteiger partial charge in [0.1, 0.15) is 6.04 Å². The monoisotopic (exact) mass is 383 g/mol. The molecule has 0 bridgehead atoms. The summed E-state index contributed by atoms with van der Waals surface area (Å²) in [5, 5.41) is 5.44. The van der Waals surface area contributed by atoms with Crippen LogP contribution in [0.3, 0.4) is 0 Å². The number of nitrogens with one attached hydrogen (secondary N) is 2. The predicted molar refractivity (Wildman–Crippen MR) is 91.7 cm³/mol. The van der Waals surface area contributed by atoms with Gasteiger partial charge in [-0.3, -0.25) is 9.69 Å². The summed E-state index contributed by atoms with van der Waals surface area (Å²) in [5.41, 5.74) is 0. The lowest BCUT2D eigenvalue weighted by molar-refractivity contribution is -0.183. The van der Waals surface area contributed by atoms with E-state index in [-0.39, 0.29) is 24.1 Å². The van der Waals surface area contributed by atoms with Gasteiger partial charge in [-0.05, 0) is 12.1 Å². The Balaban J connectivity index is 0.00000288. The molecule has 1 amide bonds. The van der Waals surface area contributed by atoms with Crippen molar-refractivity contribution in [3.05, 3.63) is 30.3 Å². The average molecular weight is 384 g/mol. The molecule has 1 atom stereocenters. The fourth-order valence-electron chi connectivity index (χ4n) is 2.37. The van der Waals surface area contributed by atoms with Crippen molar-refractivity contribution in [1.82, 2.24) is 15.5 Å². The second kappa shape index (κ2) is 10.1. The Morgan fingerprint density at radius 2 is 1.88 bits per heavy atom. The minimum atomic E-state index is -4.35. The van der Waals surface area contributed by atoms with Crippen LogP contribution in [0.1, 0.15) is 0 Å². The lowest BCUT2D eigenvalue weighted by atomic mass is 10.2. The zero-order valence-electron chi connectivity index (χ0n) is 13.0. The highest BCUT2D eigenvalue weighted by Gasteiger charge is 2.43. The SMILES string of the molecule is Cl.O=C(CSc1ccccc1)NCC(N1CCNCC1)C(F)(F)F. The van der Waals surface area contributed by atoms with Gasteiger partial charge < -0.3 is 10.6 Å². The van der Waals surface area contributed by atoms with E-state index < -0.39 is 18.8 Å². The first-order valence-corrected chi connectivity index (χ1v) is 8.41. The first-order valence-electron chi connectivity index (χ1n) is 7.43. The van der Waals surface area contributed by atoms with Crippen LogP contribution in [0.15, 0.2) is 35.2 Å². The number of carbonyl (C=O) groups is 1. The molecule has 0 aliphatic carbocycles. The van der Waals surface area contributed by atoms with Crippen molar-refractivity contribution in [2.24, 2.45) is 0 Å². The highest BCUT2D eigenvalue weighted by Crippen LogP contribution is 2.25. The largest absolute Gasteiger partial charge is 0.405 e. The molecule has 1 aliphatic rings. The molecular weight excluding hydrogens is 363 g/mol. The number of thioether (sulfide) groups is 1. The maximum atomic E-state index is 13.2. The van der Waals surface area contributed by atoms with Gasteiger partial charge in [-0.1, -0.05) is 18.2 Å². The Kier molecular flexibility index (Phi) is 8.90. The summed E-state index contributed by atoms with van der Waals surface area (Å²) >= 11 is 1.31. The van der Waals surface area contributed by atoms with E-state index in [1.807, 2.05) is 30.3 Å². The van der Waals surface area contributed by atoms with Crippen LogP contribution in [0.2, 0.25) is 0 Å². The average Bonchev–Trinajstić information content (AvgIpc) is 2.54. The molecule has 1 unspecified atom stereocenters. The van der Waals surface area contributed by atoms with Gasteiger partial charge in [0.25, 0.3) is 0 Å². The van der Waals surface area contributed by atoms with Crippen molar-refractivity contribution in [2.45, 2.75) is 17.1 Å². The summed E-state index contributed by atoms with van der Waals surface area (Å²) in [6.07, 6.45) is -4.35. The number of benzene rings is 1. The quantitative estimate of drug-likeness (QED) is 0.739. The van der Waals surface area contributed by atoms with Crippen molar-refractivity contribution in [1.29, 1.82) is 0 Å². The Bertz CT molecular complexity index is 498. The summed E-state index contributed by atoms with van der Waals surface area (Å²) in [6.45, 7) is 1.32. The maximum Gasteiger partial charge on any atom is 0.405 e. The van der Waals surface area contributed by atoms with E-state index in [9.17, 15) is 18.0 Å². The van der Waals surface area contributed by atoms with Gasteiger partial charge in [-0.15, -0.1) is 24.2 Å². The number of hydrogen-bond acceptors (Lipinski definition) is 4. The van der Waals surface area contributed by atoms with E-state index in [0.29, 0.717) is 26.2 Å². The summed E-state index contributed by atoms with van der Waals surface area (Å²) in [4.78, 5) is 14.1. The predicted octanol–water partition coefficient (Wildman–Crippen LogP) is 2.15. The van der Waals surface area contributed by atoms with Gasteiger partial charge in [-0.25, -0.2) is 0 Å². The third-order valence-corrected chi connectivity index (χ3v) is 4.59. The van der Waals surface area contributed by atoms with Crippen molar-refractivity contribution >= 4 is 30.1 Å². The molecule has 2 N–H and O–H groups in total. The lowest BCUT2D eigenvalue weighted by Gasteiger charge is -2.35. The van der Waals surface area contributed by atoms with E-state index >= 15 is 0 Å². The van der Waals surface area contributed by atoms with Crippen LogP contribution in [0, 0.1) is 0 Å². The molecule has 0 aromatic heterocycles. The van der Waals surface area contributed by atoms with Gasteiger partial charge in [0, 0.05) is 37.6 Å². The summed E-state index contributed by atoms with van der Waals surface area (Å²) < 4.78 is 39.6. The lowest BCUT2D eigenvalue weighted by Crippen LogP contribution is -2.57. The molecule has 9 heteroatoms. The van der Waals surface area contributed by atoms with Crippen LogP contribution in [-0.4, -0.2) is 61.5 Å². The third kappa shape index (κ3) is 6.88. The van der Waals surface area contributed by atoms with Crippen molar-refractivity contribution < 1.29 is 18.0 Å². The number of alkyl halides is 3. The van der Waals surface area contributed by atoms with Crippen LogP contribution in [0.5, 0.6) is 0 Å².